The molecule has 0 atom stereocenters. The molecule has 1 saturated carbocycles. The van der Waals surface area contributed by atoms with Crippen LogP contribution in [0.15, 0.2) is 30.7 Å². The molecule has 1 spiro atoms. The molecule has 1 aliphatic heterocycles. The lowest BCUT2D eigenvalue weighted by molar-refractivity contribution is 0.0707. The molecule has 0 bridgehead atoms. The van der Waals surface area contributed by atoms with Gasteiger partial charge >= 0.3 is 0 Å². The van der Waals surface area contributed by atoms with Gasteiger partial charge in [0.1, 0.15) is 17.8 Å². The second-order valence-corrected chi connectivity index (χ2v) is 7.28. The summed E-state index contributed by atoms with van der Waals surface area (Å²) in [7, 11) is 1.92. The fraction of sp³-hybridized carbons (Fsp3) is 0.500. The predicted molar refractivity (Wildman–Crippen MR) is 91.8 cm³/mol. The van der Waals surface area contributed by atoms with Crippen molar-refractivity contribution < 1.29 is 4.79 Å². The molecule has 0 unspecified atom stereocenters. The van der Waals surface area contributed by atoms with Crippen LogP contribution in [0.3, 0.4) is 0 Å². The Morgan fingerprint density at radius 1 is 1.38 bits per heavy atom. The molecule has 1 aliphatic carbocycles. The number of carbonyl (C=O) groups excluding carboxylic acids is 1. The van der Waals surface area contributed by atoms with Crippen LogP contribution in [-0.4, -0.2) is 44.5 Å². The van der Waals surface area contributed by atoms with Crippen LogP contribution in [0.25, 0.3) is 0 Å². The number of hydrogen-bond acceptors (Lipinski definition) is 4. The van der Waals surface area contributed by atoms with Crippen LogP contribution in [0.1, 0.15) is 35.4 Å². The zero-order valence-corrected chi connectivity index (χ0v) is 14.2. The maximum absolute atomic E-state index is 12.6. The number of anilines is 1. The van der Waals surface area contributed by atoms with Crippen LogP contribution in [0, 0.1) is 12.3 Å². The normalized spacial score (nSPS) is 25.8. The van der Waals surface area contributed by atoms with E-state index in [-0.39, 0.29) is 5.91 Å². The molecule has 1 amide bonds. The van der Waals surface area contributed by atoms with Crippen molar-refractivity contribution >= 4 is 11.7 Å². The first-order valence-electron chi connectivity index (χ1n) is 8.50. The van der Waals surface area contributed by atoms with Crippen molar-refractivity contribution in [1.82, 2.24) is 19.4 Å². The standard InChI is InChI=1S/C18H23N5O/c1-13-8-16(20-12-19-13)21-14-9-18(10-14)5-7-23(11-18)17(24)15-4-3-6-22(15)2/h3-4,6,8,12,14H,5,7,9-11H2,1-2H3,(H,19,20,21). The zero-order chi connectivity index (χ0) is 16.7. The predicted octanol–water partition coefficient (Wildman–Crippen LogP) is 2.23. The number of aromatic nitrogens is 3. The highest BCUT2D eigenvalue weighted by Crippen LogP contribution is 2.49. The Morgan fingerprint density at radius 3 is 2.92 bits per heavy atom. The fourth-order valence-corrected chi connectivity index (χ4v) is 4.12. The Kier molecular flexibility index (Phi) is 3.55. The minimum Gasteiger partial charge on any atom is -0.367 e. The summed E-state index contributed by atoms with van der Waals surface area (Å²) < 4.78 is 1.90. The molecule has 0 radical (unpaired) electrons. The molecular formula is C18H23N5O. The number of aryl methyl sites for hydroxylation is 2. The molecule has 2 aromatic rings. The van der Waals surface area contributed by atoms with E-state index >= 15 is 0 Å². The molecule has 6 nitrogen and oxygen atoms in total. The molecule has 6 heteroatoms. The Bertz CT molecular complexity index is 762. The van der Waals surface area contributed by atoms with E-state index < -0.39 is 0 Å². The van der Waals surface area contributed by atoms with E-state index in [9.17, 15) is 4.79 Å². The number of nitrogens with zero attached hydrogens (tertiary/aromatic N) is 4. The second kappa shape index (κ2) is 5.61. The first kappa shape index (κ1) is 15.2. The Hall–Kier alpha value is -2.37. The van der Waals surface area contributed by atoms with Crippen LogP contribution in [0.2, 0.25) is 0 Å². The lowest BCUT2D eigenvalue weighted by Gasteiger charge is -2.45. The van der Waals surface area contributed by atoms with E-state index in [1.165, 1.54) is 0 Å². The average Bonchev–Trinajstić information content (AvgIpc) is 3.13. The molecule has 1 N–H and O–H groups in total. The van der Waals surface area contributed by atoms with Crippen molar-refractivity contribution in [3.63, 3.8) is 0 Å². The number of hydrogen-bond donors (Lipinski definition) is 1. The van der Waals surface area contributed by atoms with Gasteiger partial charge in [0.2, 0.25) is 0 Å². The minimum atomic E-state index is 0.155. The third kappa shape index (κ3) is 2.66. The summed E-state index contributed by atoms with van der Waals surface area (Å²) in [5.41, 5.74) is 2.04. The number of rotatable bonds is 3. The third-order valence-electron chi connectivity index (χ3n) is 5.40. The minimum absolute atomic E-state index is 0.155. The number of amides is 1. The third-order valence-corrected chi connectivity index (χ3v) is 5.40. The summed E-state index contributed by atoms with van der Waals surface area (Å²) in [5, 5.41) is 3.49. The summed E-state index contributed by atoms with van der Waals surface area (Å²) in [6, 6.07) is 6.25. The van der Waals surface area contributed by atoms with Crippen LogP contribution < -0.4 is 5.32 Å². The van der Waals surface area contributed by atoms with E-state index in [2.05, 4.69) is 15.3 Å². The molecule has 1 saturated heterocycles. The molecular weight excluding hydrogens is 302 g/mol. The van der Waals surface area contributed by atoms with Gasteiger partial charge in [-0.2, -0.15) is 0 Å². The summed E-state index contributed by atoms with van der Waals surface area (Å²) in [4.78, 5) is 23.1. The van der Waals surface area contributed by atoms with Crippen LogP contribution in [0.5, 0.6) is 0 Å². The number of nitrogens with one attached hydrogen (secondary N) is 1. The van der Waals surface area contributed by atoms with Crippen molar-refractivity contribution in [2.24, 2.45) is 12.5 Å². The van der Waals surface area contributed by atoms with E-state index in [4.69, 9.17) is 0 Å². The molecule has 2 aromatic heterocycles. The highest BCUT2D eigenvalue weighted by atomic mass is 16.2. The Labute approximate surface area is 141 Å². The molecule has 2 aliphatic rings. The summed E-state index contributed by atoms with van der Waals surface area (Å²) >= 11 is 0. The van der Waals surface area contributed by atoms with Crippen LogP contribution in [0.4, 0.5) is 5.82 Å². The van der Waals surface area contributed by atoms with Crippen molar-refractivity contribution in [2.75, 3.05) is 18.4 Å². The van der Waals surface area contributed by atoms with Crippen molar-refractivity contribution in [2.45, 2.75) is 32.2 Å². The van der Waals surface area contributed by atoms with Gasteiger partial charge in [-0.25, -0.2) is 9.97 Å². The van der Waals surface area contributed by atoms with Crippen molar-refractivity contribution in [3.8, 4) is 0 Å². The van der Waals surface area contributed by atoms with E-state index in [1.54, 1.807) is 6.33 Å². The number of carbonyl (C=O) groups is 1. The lowest BCUT2D eigenvalue weighted by atomic mass is 9.65. The van der Waals surface area contributed by atoms with Crippen molar-refractivity contribution in [1.29, 1.82) is 0 Å². The van der Waals surface area contributed by atoms with Crippen LogP contribution >= 0.6 is 0 Å². The maximum atomic E-state index is 12.6. The Morgan fingerprint density at radius 2 is 2.21 bits per heavy atom. The van der Waals surface area contributed by atoms with Gasteiger partial charge in [-0.05, 0) is 43.7 Å². The highest BCUT2D eigenvalue weighted by molar-refractivity contribution is 5.93. The summed E-state index contributed by atoms with van der Waals surface area (Å²) in [6.45, 7) is 3.71. The summed E-state index contributed by atoms with van der Waals surface area (Å²) in [6.07, 6.45) is 6.83. The van der Waals surface area contributed by atoms with Crippen LogP contribution in [-0.2, 0) is 7.05 Å². The second-order valence-electron chi connectivity index (χ2n) is 7.28. The first-order valence-corrected chi connectivity index (χ1v) is 8.50. The largest absolute Gasteiger partial charge is 0.367 e. The maximum Gasteiger partial charge on any atom is 0.270 e. The smallest absolute Gasteiger partial charge is 0.270 e. The highest BCUT2D eigenvalue weighted by Gasteiger charge is 2.49. The van der Waals surface area contributed by atoms with Gasteiger partial charge in [-0.3, -0.25) is 4.79 Å². The average molecular weight is 325 g/mol. The monoisotopic (exact) mass is 325 g/mol. The first-order chi connectivity index (χ1) is 11.5. The molecule has 24 heavy (non-hydrogen) atoms. The van der Waals surface area contributed by atoms with Gasteiger partial charge in [0.05, 0.1) is 0 Å². The van der Waals surface area contributed by atoms with Gasteiger partial charge in [0, 0.05) is 44.1 Å². The quantitative estimate of drug-likeness (QED) is 0.940. The van der Waals surface area contributed by atoms with E-state index in [0.717, 1.165) is 49.6 Å². The molecule has 3 heterocycles. The van der Waals surface area contributed by atoms with Gasteiger partial charge in [-0.15, -0.1) is 0 Å². The van der Waals surface area contributed by atoms with Gasteiger partial charge in [0.25, 0.3) is 5.91 Å². The van der Waals surface area contributed by atoms with Crippen molar-refractivity contribution in [3.05, 3.63) is 42.1 Å². The molecule has 2 fully saturated rings. The zero-order valence-electron chi connectivity index (χ0n) is 14.2. The SMILES string of the molecule is Cc1cc(NC2CC3(CCN(C(=O)c4cccn4C)C3)C2)ncn1. The lowest BCUT2D eigenvalue weighted by Crippen LogP contribution is -2.47. The molecule has 126 valence electrons. The summed E-state index contributed by atoms with van der Waals surface area (Å²) in [5.74, 6) is 1.05. The van der Waals surface area contributed by atoms with Gasteiger partial charge in [-0.1, -0.05) is 0 Å². The fourth-order valence-electron chi connectivity index (χ4n) is 4.12. The Balaban J connectivity index is 1.35. The number of likely N-dealkylation sites (tertiary alicyclic amines) is 1. The molecule has 0 aromatic carbocycles. The van der Waals surface area contributed by atoms with E-state index in [0.29, 0.717) is 11.5 Å². The van der Waals surface area contributed by atoms with E-state index in [1.807, 2.05) is 47.8 Å². The van der Waals surface area contributed by atoms with Gasteiger partial charge in [0.15, 0.2) is 0 Å². The van der Waals surface area contributed by atoms with Gasteiger partial charge < -0.3 is 14.8 Å². The molecule has 4 rings (SSSR count). The topological polar surface area (TPSA) is 63.1 Å².